The van der Waals surface area contributed by atoms with Gasteiger partial charge < -0.3 is 82.7 Å². The van der Waals surface area contributed by atoms with Crippen molar-refractivity contribution in [3.63, 3.8) is 0 Å². The molecule has 3 saturated heterocycles. The van der Waals surface area contributed by atoms with E-state index in [9.17, 15) is 39.6 Å². The van der Waals surface area contributed by atoms with E-state index in [4.69, 9.17) is 42.6 Å². The minimum atomic E-state index is -1.63. The van der Waals surface area contributed by atoms with Gasteiger partial charge in [0.15, 0.2) is 18.7 Å². The highest BCUT2D eigenvalue weighted by atomic mass is 16.7. The first kappa shape index (κ1) is 67.1. The highest BCUT2D eigenvalue weighted by Crippen LogP contribution is 2.41. The topological polar surface area (TPSA) is 256 Å². The third kappa shape index (κ3) is 16.4. The summed E-state index contributed by atoms with van der Waals surface area (Å²) in [6, 6.07) is 4.89. The number of fused-ring (bicyclic) bond motifs is 1. The number of aliphatic hydroxyl groups excluding tert-OH is 1. The monoisotopic (exact) mass is 1130 g/mol. The van der Waals surface area contributed by atoms with Gasteiger partial charge in [0, 0.05) is 83.0 Å². The Bertz CT molecular complexity index is 2380. The number of nitrogens with zero attached hydrogens (tertiary/aromatic N) is 3. The number of likely N-dealkylation sites (N-methyl/N-ethyl adjacent to an activating group) is 2. The van der Waals surface area contributed by atoms with E-state index in [0.29, 0.717) is 69.6 Å². The first-order valence-electron chi connectivity index (χ1n) is 28.8. The van der Waals surface area contributed by atoms with Crippen LogP contribution in [-0.2, 0) is 65.2 Å². The molecule has 5 rings (SSSR count). The Morgan fingerprint density at radius 1 is 0.925 bits per heavy atom. The molecular weight excluding hydrogens is 1040 g/mol. The van der Waals surface area contributed by atoms with Gasteiger partial charge >= 0.3 is 17.9 Å². The van der Waals surface area contributed by atoms with Gasteiger partial charge in [-0.2, -0.15) is 0 Å². The zero-order valence-corrected chi connectivity index (χ0v) is 50.6. The van der Waals surface area contributed by atoms with Crippen LogP contribution in [0, 0.1) is 17.8 Å². The fourth-order valence-corrected chi connectivity index (χ4v) is 12.5. The zero-order chi connectivity index (χ0) is 59.6. The van der Waals surface area contributed by atoms with Gasteiger partial charge in [0.1, 0.15) is 35.1 Å². The molecule has 21 nitrogen and oxygen atoms in total. The average Bonchev–Trinajstić information content (AvgIpc) is 3.41. The quantitative estimate of drug-likeness (QED) is 0.0834. The Morgan fingerprint density at radius 3 is 2.25 bits per heavy atom. The van der Waals surface area contributed by atoms with Gasteiger partial charge in [-0.25, -0.2) is 4.79 Å². The third-order valence-corrected chi connectivity index (χ3v) is 17.0. The number of carbonyl (C=O) groups is 3. The zero-order valence-electron chi connectivity index (χ0n) is 50.6. The van der Waals surface area contributed by atoms with E-state index in [-0.39, 0.29) is 55.4 Å². The first-order chi connectivity index (χ1) is 37.5. The van der Waals surface area contributed by atoms with Crippen LogP contribution < -0.4 is 10.7 Å². The van der Waals surface area contributed by atoms with Crippen LogP contribution in [0.15, 0.2) is 29.2 Å². The number of carbonyl (C=O) groups excluding carboxylic acids is 2. The summed E-state index contributed by atoms with van der Waals surface area (Å²) in [5.74, 6) is -4.40. The number of benzene rings is 1. The summed E-state index contributed by atoms with van der Waals surface area (Å²) in [5, 5.41) is 50.0. The number of pyridine rings is 1. The van der Waals surface area contributed by atoms with Gasteiger partial charge in [-0.05, 0) is 132 Å². The second kappa shape index (κ2) is 29.2. The molecular formula is C59H98N4O17. The highest BCUT2D eigenvalue weighted by Gasteiger charge is 2.54. The molecule has 80 heavy (non-hydrogen) atoms. The first-order valence-corrected chi connectivity index (χ1v) is 28.8. The smallest absolute Gasteiger partial charge is 0.341 e. The van der Waals surface area contributed by atoms with E-state index < -0.39 is 107 Å². The van der Waals surface area contributed by atoms with Gasteiger partial charge in [0.25, 0.3) is 0 Å². The summed E-state index contributed by atoms with van der Waals surface area (Å²) in [6.45, 7) is 22.7. The van der Waals surface area contributed by atoms with Crippen molar-refractivity contribution in [3.05, 3.63) is 45.7 Å². The molecule has 0 saturated carbocycles. The number of esters is 2. The number of nitrogens with one attached hydrogen (secondary N) is 1. The standard InChI is InChI=1S/C59H98N4O17/c1-17-45-59(11,71)52(72-15)38(7)62(14)32-34(3)30-57(9,70)51(80-56-49(66)44(61(12)13)28-35(4)75-56)36(5)50(37(6)55(69)77-45)79-47-31-58(10,73-16)53(39(8)76-47)78-46(64)23-24-60-25-27-74-26-19-20-40-21-22-43-41(29-40)48(65)42(54(67)68)33-63(43)18-2/h21-22,29,33-39,44-45,47,49-53,56,60,66,70-71H,17-20,23-28,30-32H2,1-16H3,(H,67,68)/t34-,35-,36+,37-,38-,39+,44+,45-,47?,49-,50+,51-,52-,53+,56?,57-,58-,59-/m1/s1. The van der Waals surface area contributed by atoms with Crippen molar-refractivity contribution in [2.45, 2.75) is 218 Å². The van der Waals surface area contributed by atoms with E-state index in [1.807, 2.05) is 86.6 Å². The summed E-state index contributed by atoms with van der Waals surface area (Å²) in [4.78, 5) is 56.8. The Labute approximate surface area is 474 Å². The van der Waals surface area contributed by atoms with Gasteiger partial charge in [0.2, 0.25) is 5.43 Å². The van der Waals surface area contributed by atoms with Gasteiger partial charge in [-0.3, -0.25) is 14.4 Å². The Morgan fingerprint density at radius 2 is 1.62 bits per heavy atom. The summed E-state index contributed by atoms with van der Waals surface area (Å²) < 4.78 is 58.7. The molecule has 0 bridgehead atoms. The van der Waals surface area contributed by atoms with Crippen molar-refractivity contribution in [3.8, 4) is 0 Å². The van der Waals surface area contributed by atoms with Crippen molar-refractivity contribution in [2.75, 3.05) is 68.2 Å². The van der Waals surface area contributed by atoms with Crippen LogP contribution >= 0.6 is 0 Å². The maximum absolute atomic E-state index is 14.7. The molecule has 0 aliphatic carbocycles. The van der Waals surface area contributed by atoms with Crippen LogP contribution in [0.5, 0.6) is 0 Å². The largest absolute Gasteiger partial charge is 0.477 e. The number of aryl methyl sites for hydroxylation is 2. The number of ether oxygens (including phenoxy) is 9. The van der Waals surface area contributed by atoms with Crippen LogP contribution in [0.4, 0.5) is 0 Å². The number of carboxylic acid groups (broad SMARTS) is 1. The maximum Gasteiger partial charge on any atom is 0.341 e. The van der Waals surface area contributed by atoms with Gasteiger partial charge in [0.05, 0.1) is 54.5 Å². The van der Waals surface area contributed by atoms with Crippen LogP contribution in [0.1, 0.15) is 131 Å². The molecule has 3 aliphatic heterocycles. The second-order valence-corrected chi connectivity index (χ2v) is 23.9. The lowest BCUT2D eigenvalue weighted by atomic mass is 9.77. The minimum Gasteiger partial charge on any atom is -0.477 e. The van der Waals surface area contributed by atoms with Crippen molar-refractivity contribution >= 4 is 28.8 Å². The van der Waals surface area contributed by atoms with Crippen LogP contribution in [-0.4, -0.2) is 211 Å². The number of rotatable bonds is 21. The fourth-order valence-electron chi connectivity index (χ4n) is 12.5. The normalized spacial score (nSPS) is 36.3. The van der Waals surface area contributed by atoms with Crippen molar-refractivity contribution < 1.29 is 77.4 Å². The third-order valence-electron chi connectivity index (χ3n) is 17.0. The second-order valence-electron chi connectivity index (χ2n) is 23.9. The molecule has 3 fully saturated rings. The lowest BCUT2D eigenvalue weighted by Gasteiger charge is -2.49. The van der Waals surface area contributed by atoms with Crippen molar-refractivity contribution in [1.29, 1.82) is 0 Å². The number of methoxy groups -OCH3 is 2. The molecule has 21 heteroatoms. The molecule has 1 aromatic heterocycles. The van der Waals surface area contributed by atoms with E-state index >= 15 is 0 Å². The number of carboxylic acids is 1. The molecule has 18 atom stereocenters. The molecule has 456 valence electrons. The fraction of sp³-hybridized carbons (Fsp3) is 0.797. The Hall–Kier alpha value is -3.68. The highest BCUT2D eigenvalue weighted by molar-refractivity contribution is 5.92. The summed E-state index contributed by atoms with van der Waals surface area (Å²) in [6.07, 6.45) is -5.29. The predicted molar refractivity (Wildman–Crippen MR) is 300 cm³/mol. The minimum absolute atomic E-state index is 0.0484. The van der Waals surface area contributed by atoms with Crippen LogP contribution in [0.25, 0.3) is 10.9 Å². The van der Waals surface area contributed by atoms with Crippen molar-refractivity contribution in [1.82, 2.24) is 19.7 Å². The van der Waals surface area contributed by atoms with E-state index in [1.165, 1.54) is 20.4 Å². The number of hydrogen-bond acceptors (Lipinski definition) is 19. The molecule has 0 spiro atoms. The van der Waals surface area contributed by atoms with Crippen molar-refractivity contribution in [2.24, 2.45) is 17.8 Å². The number of aliphatic hydroxyl groups is 3. The van der Waals surface area contributed by atoms with Gasteiger partial charge in [-0.1, -0.05) is 26.8 Å². The molecule has 1 aromatic carbocycles. The Balaban J connectivity index is 1.27. The molecule has 2 aromatic rings. The van der Waals surface area contributed by atoms with E-state index in [2.05, 4.69) is 10.2 Å². The molecule has 5 N–H and O–H groups in total. The average molecular weight is 1140 g/mol. The lowest BCUT2D eigenvalue weighted by Crippen LogP contribution is -2.61. The molecule has 4 heterocycles. The number of hydrogen-bond donors (Lipinski definition) is 5. The number of aromatic nitrogens is 1. The maximum atomic E-state index is 14.7. The molecule has 0 radical (unpaired) electrons. The molecule has 3 aliphatic rings. The SMILES string of the molecule is CC[C@H]1OC(=O)[C@H](C)[C@@H](OC2C[C@@](C)(OC)[C@@H](OC(=O)CCNCCOCCCc3ccc4c(c3)c(=O)c(C(=O)O)cn4CC)[C@H](C)O2)[C@H](C)[C@@H](OC2O[C@H](C)C[C@H](N(C)C)[C@H]2O)[C@](C)(O)C[C@@H](C)CN(C)[C@H](C)[C@@H](OC)[C@]1(C)O. The van der Waals surface area contributed by atoms with Crippen LogP contribution in [0.2, 0.25) is 0 Å². The summed E-state index contributed by atoms with van der Waals surface area (Å²) in [7, 11) is 8.74. The predicted octanol–water partition coefficient (Wildman–Crippen LogP) is 4.77. The van der Waals surface area contributed by atoms with Crippen LogP contribution in [0.3, 0.4) is 0 Å². The Kier molecular flexibility index (Phi) is 24.5. The summed E-state index contributed by atoms with van der Waals surface area (Å²) >= 11 is 0. The number of aromatic carboxylic acids is 1. The molecule has 0 amide bonds. The number of cyclic esters (lactones) is 1. The van der Waals surface area contributed by atoms with E-state index in [0.717, 1.165) is 5.56 Å². The molecule has 2 unspecified atom stereocenters. The summed E-state index contributed by atoms with van der Waals surface area (Å²) in [5.41, 5.74) is -3.52. The van der Waals surface area contributed by atoms with Gasteiger partial charge in [-0.15, -0.1) is 0 Å². The lowest BCUT2D eigenvalue weighted by molar-refractivity contribution is -0.318. The van der Waals surface area contributed by atoms with E-state index in [1.54, 1.807) is 38.3 Å².